The summed E-state index contributed by atoms with van der Waals surface area (Å²) in [5, 5.41) is 2.99. The van der Waals surface area contributed by atoms with Gasteiger partial charge in [-0.15, -0.1) is 0 Å². The zero-order valence-electron chi connectivity index (χ0n) is 11.9. The fourth-order valence-electron chi connectivity index (χ4n) is 3.81. The van der Waals surface area contributed by atoms with Crippen LogP contribution in [0.1, 0.15) is 32.1 Å². The fraction of sp³-hybridized carbons (Fsp3) is 0.500. The van der Waals surface area contributed by atoms with Crippen LogP contribution in [0.25, 0.3) is 0 Å². The summed E-state index contributed by atoms with van der Waals surface area (Å²) in [6, 6.07) is 7.54. The number of amides is 1. The molecule has 3 rings (SSSR count). The molecule has 1 amide bonds. The van der Waals surface area contributed by atoms with Gasteiger partial charge < -0.3 is 10.1 Å². The van der Waals surface area contributed by atoms with Gasteiger partial charge in [-0.3, -0.25) is 9.59 Å². The van der Waals surface area contributed by atoms with Gasteiger partial charge in [-0.1, -0.05) is 15.9 Å². The van der Waals surface area contributed by atoms with Gasteiger partial charge in [0.15, 0.2) is 0 Å². The second kappa shape index (κ2) is 5.13. The van der Waals surface area contributed by atoms with E-state index in [2.05, 4.69) is 21.2 Å². The number of halogens is 1. The molecule has 2 aliphatic carbocycles. The first-order chi connectivity index (χ1) is 10.00. The Bertz CT molecular complexity index is 574. The van der Waals surface area contributed by atoms with Crippen LogP contribution in [0.5, 0.6) is 0 Å². The Morgan fingerprint density at radius 3 is 2.24 bits per heavy atom. The number of esters is 1. The highest BCUT2D eigenvalue weighted by molar-refractivity contribution is 9.10. The van der Waals surface area contributed by atoms with Gasteiger partial charge in [0.25, 0.3) is 0 Å². The smallest absolute Gasteiger partial charge is 0.311 e. The van der Waals surface area contributed by atoms with Gasteiger partial charge in [-0.05, 0) is 56.4 Å². The summed E-state index contributed by atoms with van der Waals surface area (Å²) in [5.41, 5.74) is -0.0346. The van der Waals surface area contributed by atoms with Crippen molar-refractivity contribution in [3.05, 3.63) is 28.7 Å². The van der Waals surface area contributed by atoms with Crippen molar-refractivity contribution in [1.29, 1.82) is 0 Å². The third-order valence-corrected chi connectivity index (χ3v) is 5.57. The predicted octanol–water partition coefficient (Wildman–Crippen LogP) is 3.51. The van der Waals surface area contributed by atoms with E-state index in [0.717, 1.165) is 35.8 Å². The van der Waals surface area contributed by atoms with Gasteiger partial charge in [-0.2, -0.15) is 0 Å². The molecule has 2 fully saturated rings. The van der Waals surface area contributed by atoms with Crippen LogP contribution in [0.15, 0.2) is 28.7 Å². The Labute approximate surface area is 132 Å². The van der Waals surface area contributed by atoms with Gasteiger partial charge in [0.2, 0.25) is 5.91 Å². The van der Waals surface area contributed by atoms with Gasteiger partial charge in [0.1, 0.15) is 0 Å². The van der Waals surface area contributed by atoms with Crippen molar-refractivity contribution in [2.45, 2.75) is 32.1 Å². The molecule has 5 heteroatoms. The van der Waals surface area contributed by atoms with Gasteiger partial charge in [0.05, 0.1) is 17.9 Å². The minimum atomic E-state index is -0.425. The number of carbonyl (C=O) groups excluding carboxylic acids is 2. The monoisotopic (exact) mass is 351 g/mol. The molecule has 0 aromatic heterocycles. The third kappa shape index (κ3) is 2.37. The first-order valence-electron chi connectivity index (χ1n) is 7.15. The lowest BCUT2D eigenvalue weighted by Crippen LogP contribution is -2.32. The molecule has 4 nitrogen and oxygen atoms in total. The largest absolute Gasteiger partial charge is 0.469 e. The van der Waals surface area contributed by atoms with E-state index in [4.69, 9.17) is 4.74 Å². The quantitative estimate of drug-likeness (QED) is 0.847. The maximum absolute atomic E-state index is 12.7. The Kier molecular flexibility index (Phi) is 3.56. The van der Waals surface area contributed by atoms with Crippen LogP contribution in [0.3, 0.4) is 0 Å². The SMILES string of the molecule is COC(=O)C12CCC(C(=O)Nc3ccc(Br)cc3)(CC1)C2. The summed E-state index contributed by atoms with van der Waals surface area (Å²) in [5.74, 6) is -0.119. The van der Waals surface area contributed by atoms with Crippen LogP contribution < -0.4 is 5.32 Å². The average Bonchev–Trinajstić information content (AvgIpc) is 3.07. The Balaban J connectivity index is 1.74. The van der Waals surface area contributed by atoms with Crippen LogP contribution in [0.2, 0.25) is 0 Å². The molecule has 0 spiro atoms. The average molecular weight is 352 g/mol. The van der Waals surface area contributed by atoms with E-state index in [9.17, 15) is 9.59 Å². The maximum Gasteiger partial charge on any atom is 0.311 e. The van der Waals surface area contributed by atoms with E-state index in [-0.39, 0.29) is 11.9 Å². The second-order valence-corrected chi connectivity index (χ2v) is 7.11. The standard InChI is InChI=1S/C16H18BrNO3/c1-21-14(20)16-8-6-15(10-16,7-9-16)13(19)18-12-4-2-11(17)3-5-12/h2-5H,6-10H2,1H3,(H,18,19). The first-order valence-corrected chi connectivity index (χ1v) is 7.95. The number of methoxy groups -OCH3 is 1. The minimum Gasteiger partial charge on any atom is -0.469 e. The van der Waals surface area contributed by atoms with Crippen LogP contribution in [-0.4, -0.2) is 19.0 Å². The highest BCUT2D eigenvalue weighted by Crippen LogP contribution is 2.62. The van der Waals surface area contributed by atoms with E-state index in [1.54, 1.807) is 0 Å². The molecular weight excluding hydrogens is 334 g/mol. The number of anilines is 1. The lowest BCUT2D eigenvalue weighted by Gasteiger charge is -2.25. The molecule has 0 saturated heterocycles. The van der Waals surface area contributed by atoms with Crippen LogP contribution >= 0.6 is 15.9 Å². The molecule has 2 bridgehead atoms. The summed E-state index contributed by atoms with van der Waals surface area (Å²) in [4.78, 5) is 24.7. The fourth-order valence-corrected chi connectivity index (χ4v) is 4.07. The Morgan fingerprint density at radius 2 is 1.67 bits per heavy atom. The predicted molar refractivity (Wildman–Crippen MR) is 82.7 cm³/mol. The lowest BCUT2D eigenvalue weighted by molar-refractivity contribution is -0.152. The van der Waals surface area contributed by atoms with Crippen molar-refractivity contribution in [2.24, 2.45) is 10.8 Å². The number of ether oxygens (including phenoxy) is 1. The van der Waals surface area contributed by atoms with Crippen molar-refractivity contribution in [3.8, 4) is 0 Å². The van der Waals surface area contributed by atoms with E-state index in [0.29, 0.717) is 6.42 Å². The molecule has 112 valence electrons. The lowest BCUT2D eigenvalue weighted by atomic mass is 9.81. The van der Waals surface area contributed by atoms with E-state index in [1.165, 1.54) is 7.11 Å². The molecule has 2 aliphatic rings. The number of hydrogen-bond donors (Lipinski definition) is 1. The molecule has 1 N–H and O–H groups in total. The van der Waals surface area contributed by atoms with Gasteiger partial charge in [-0.25, -0.2) is 0 Å². The topological polar surface area (TPSA) is 55.4 Å². The highest BCUT2D eigenvalue weighted by Gasteiger charge is 2.61. The molecule has 1 aromatic rings. The molecule has 0 radical (unpaired) electrons. The molecule has 1 aromatic carbocycles. The van der Waals surface area contributed by atoms with Crippen molar-refractivity contribution in [3.63, 3.8) is 0 Å². The summed E-state index contributed by atoms with van der Waals surface area (Å²) in [6.07, 6.45) is 3.67. The molecule has 21 heavy (non-hydrogen) atoms. The minimum absolute atomic E-state index is 0.0353. The molecule has 0 aliphatic heterocycles. The van der Waals surface area contributed by atoms with E-state index in [1.807, 2.05) is 24.3 Å². The van der Waals surface area contributed by atoms with E-state index < -0.39 is 10.8 Å². The zero-order valence-corrected chi connectivity index (χ0v) is 13.5. The number of nitrogens with one attached hydrogen (secondary N) is 1. The molecule has 2 saturated carbocycles. The molecular formula is C16H18BrNO3. The molecule has 0 unspecified atom stereocenters. The van der Waals surface area contributed by atoms with Crippen LogP contribution in [0.4, 0.5) is 5.69 Å². The normalized spacial score (nSPS) is 30.2. The summed E-state index contributed by atoms with van der Waals surface area (Å²) in [6.45, 7) is 0. The van der Waals surface area contributed by atoms with Crippen molar-refractivity contribution in [1.82, 2.24) is 0 Å². The number of carbonyl (C=O) groups is 2. The third-order valence-electron chi connectivity index (χ3n) is 5.04. The molecule has 0 heterocycles. The Morgan fingerprint density at radius 1 is 1.10 bits per heavy atom. The number of fused-ring (bicyclic) bond motifs is 2. The highest BCUT2D eigenvalue weighted by atomic mass is 79.9. The van der Waals surface area contributed by atoms with E-state index >= 15 is 0 Å². The van der Waals surface area contributed by atoms with Crippen LogP contribution in [-0.2, 0) is 14.3 Å². The zero-order chi connectivity index (χ0) is 15.1. The second-order valence-electron chi connectivity index (χ2n) is 6.19. The molecule has 0 atom stereocenters. The van der Waals surface area contributed by atoms with Gasteiger partial charge >= 0.3 is 5.97 Å². The number of rotatable bonds is 3. The Hall–Kier alpha value is -1.36. The number of hydrogen-bond acceptors (Lipinski definition) is 3. The summed E-state index contributed by atoms with van der Waals surface area (Å²) >= 11 is 3.38. The van der Waals surface area contributed by atoms with Crippen molar-refractivity contribution >= 4 is 33.5 Å². The first kappa shape index (κ1) is 14.6. The van der Waals surface area contributed by atoms with Crippen molar-refractivity contribution < 1.29 is 14.3 Å². The van der Waals surface area contributed by atoms with Crippen LogP contribution in [0, 0.1) is 10.8 Å². The summed E-state index contributed by atoms with van der Waals surface area (Å²) in [7, 11) is 1.43. The van der Waals surface area contributed by atoms with Crippen molar-refractivity contribution in [2.75, 3.05) is 12.4 Å². The maximum atomic E-state index is 12.7. The summed E-state index contributed by atoms with van der Waals surface area (Å²) < 4.78 is 5.91. The van der Waals surface area contributed by atoms with Gasteiger partial charge in [0, 0.05) is 10.2 Å². The number of benzene rings is 1.